The highest BCUT2D eigenvalue weighted by atomic mass is 32.1. The van der Waals surface area contributed by atoms with E-state index in [9.17, 15) is 9.59 Å². The number of amides is 1. The van der Waals surface area contributed by atoms with Crippen LogP contribution >= 0.6 is 11.3 Å². The van der Waals surface area contributed by atoms with Crippen molar-refractivity contribution in [3.05, 3.63) is 16.5 Å². The fourth-order valence-corrected chi connectivity index (χ4v) is 2.59. The van der Waals surface area contributed by atoms with Crippen LogP contribution in [0.25, 0.3) is 0 Å². The van der Waals surface area contributed by atoms with Gasteiger partial charge < -0.3 is 10.1 Å². The summed E-state index contributed by atoms with van der Waals surface area (Å²) >= 11 is 1.44. The van der Waals surface area contributed by atoms with E-state index in [1.807, 2.05) is 27.7 Å². The van der Waals surface area contributed by atoms with Crippen LogP contribution in [-0.2, 0) is 16.0 Å². The van der Waals surface area contributed by atoms with Gasteiger partial charge in [-0.05, 0) is 25.3 Å². The van der Waals surface area contributed by atoms with Gasteiger partial charge >= 0.3 is 5.97 Å². The monoisotopic (exact) mass is 297 g/mol. The van der Waals surface area contributed by atoms with Gasteiger partial charge in [0.25, 0.3) is 0 Å². The molecule has 0 aliphatic carbocycles. The molecule has 0 radical (unpaired) electrons. The van der Waals surface area contributed by atoms with Crippen molar-refractivity contribution >= 4 is 28.2 Å². The first kappa shape index (κ1) is 16.7. The van der Waals surface area contributed by atoms with Crippen LogP contribution in [0.1, 0.15) is 49.9 Å². The zero-order valence-electron chi connectivity index (χ0n) is 12.8. The quantitative estimate of drug-likeness (QED) is 0.814. The van der Waals surface area contributed by atoms with Crippen molar-refractivity contribution in [3.8, 4) is 0 Å². The van der Waals surface area contributed by atoms with Gasteiger partial charge in [0.1, 0.15) is 5.00 Å². The van der Waals surface area contributed by atoms with Crippen LogP contribution in [0.2, 0.25) is 0 Å². The van der Waals surface area contributed by atoms with Crippen LogP contribution in [0.3, 0.4) is 0 Å². The van der Waals surface area contributed by atoms with Gasteiger partial charge in [0, 0.05) is 10.8 Å². The molecule has 1 atom stereocenters. The number of ether oxygens (including phenoxy) is 1. The second-order valence-electron chi connectivity index (χ2n) is 5.05. The molecule has 0 bridgehead atoms. The fourth-order valence-electron chi connectivity index (χ4n) is 1.60. The van der Waals surface area contributed by atoms with Gasteiger partial charge in [-0.15, -0.1) is 11.3 Å². The molecule has 0 aliphatic heterocycles. The standard InChI is InChI=1S/C15H23NO3S/c1-6-11-8-12(15(18)19-7-2)14(20-11)16-13(17)10(5)9(3)4/h8-10H,6-7H2,1-5H3,(H,16,17). The highest BCUT2D eigenvalue weighted by Gasteiger charge is 2.22. The van der Waals surface area contributed by atoms with E-state index in [2.05, 4.69) is 5.32 Å². The third-order valence-electron chi connectivity index (χ3n) is 3.28. The van der Waals surface area contributed by atoms with Crippen molar-refractivity contribution in [1.82, 2.24) is 0 Å². The average molecular weight is 297 g/mol. The third-order valence-corrected chi connectivity index (χ3v) is 4.47. The summed E-state index contributed by atoms with van der Waals surface area (Å²) in [6, 6.07) is 1.80. The molecule has 1 amide bonds. The second kappa shape index (κ2) is 7.43. The molecule has 1 rings (SSSR count). The van der Waals surface area contributed by atoms with Crippen molar-refractivity contribution in [2.24, 2.45) is 11.8 Å². The predicted molar refractivity (Wildman–Crippen MR) is 82.3 cm³/mol. The topological polar surface area (TPSA) is 55.4 Å². The number of hydrogen-bond acceptors (Lipinski definition) is 4. The highest BCUT2D eigenvalue weighted by Crippen LogP contribution is 2.30. The van der Waals surface area contributed by atoms with Gasteiger partial charge in [0.15, 0.2) is 0 Å². The Labute approximate surface area is 124 Å². The molecule has 112 valence electrons. The molecule has 0 spiro atoms. The Morgan fingerprint density at radius 3 is 2.45 bits per heavy atom. The average Bonchev–Trinajstić information content (AvgIpc) is 2.81. The molecule has 5 heteroatoms. The summed E-state index contributed by atoms with van der Waals surface area (Å²) in [5, 5.41) is 3.46. The molecule has 0 fully saturated rings. The molecular weight excluding hydrogens is 274 g/mol. The minimum atomic E-state index is -0.379. The number of anilines is 1. The van der Waals surface area contributed by atoms with Gasteiger partial charge in [-0.1, -0.05) is 27.7 Å². The summed E-state index contributed by atoms with van der Waals surface area (Å²) < 4.78 is 5.03. The third kappa shape index (κ3) is 4.07. The lowest BCUT2D eigenvalue weighted by molar-refractivity contribution is -0.120. The lowest BCUT2D eigenvalue weighted by Gasteiger charge is -2.15. The second-order valence-corrected chi connectivity index (χ2v) is 6.19. The van der Waals surface area contributed by atoms with Gasteiger partial charge in [-0.2, -0.15) is 0 Å². The van der Waals surface area contributed by atoms with Crippen LogP contribution in [-0.4, -0.2) is 18.5 Å². The Kier molecular flexibility index (Phi) is 6.20. The molecule has 1 N–H and O–H groups in total. The van der Waals surface area contributed by atoms with Crippen molar-refractivity contribution in [3.63, 3.8) is 0 Å². The lowest BCUT2D eigenvalue weighted by Crippen LogP contribution is -2.24. The van der Waals surface area contributed by atoms with E-state index < -0.39 is 0 Å². The van der Waals surface area contributed by atoms with Crippen molar-refractivity contribution < 1.29 is 14.3 Å². The summed E-state index contributed by atoms with van der Waals surface area (Å²) in [7, 11) is 0. The Balaban J connectivity index is 2.96. The maximum Gasteiger partial charge on any atom is 0.341 e. The number of nitrogens with one attached hydrogen (secondary N) is 1. The molecule has 1 aromatic heterocycles. The van der Waals surface area contributed by atoms with Crippen LogP contribution in [0.5, 0.6) is 0 Å². The number of carbonyl (C=O) groups excluding carboxylic acids is 2. The number of esters is 1. The Bertz CT molecular complexity index is 479. The molecule has 1 heterocycles. The minimum absolute atomic E-state index is 0.0601. The molecule has 1 unspecified atom stereocenters. The maximum absolute atomic E-state index is 12.1. The van der Waals surface area contributed by atoms with Crippen LogP contribution in [0, 0.1) is 11.8 Å². The zero-order chi connectivity index (χ0) is 15.3. The molecule has 4 nitrogen and oxygen atoms in total. The first-order valence-electron chi connectivity index (χ1n) is 7.01. The maximum atomic E-state index is 12.1. The Hall–Kier alpha value is -1.36. The van der Waals surface area contributed by atoms with E-state index >= 15 is 0 Å². The van der Waals surface area contributed by atoms with E-state index in [0.717, 1.165) is 11.3 Å². The van der Waals surface area contributed by atoms with Crippen molar-refractivity contribution in [1.29, 1.82) is 0 Å². The first-order valence-corrected chi connectivity index (χ1v) is 7.82. The largest absolute Gasteiger partial charge is 0.462 e. The molecule has 1 aromatic rings. The summed E-state index contributed by atoms with van der Waals surface area (Å²) in [5.74, 6) is -0.283. The number of rotatable bonds is 6. The van der Waals surface area contributed by atoms with Crippen LogP contribution in [0.4, 0.5) is 5.00 Å². The van der Waals surface area contributed by atoms with Crippen LogP contribution < -0.4 is 5.32 Å². The number of carbonyl (C=O) groups is 2. The molecule has 0 saturated carbocycles. The van der Waals surface area contributed by atoms with Crippen LogP contribution in [0.15, 0.2) is 6.07 Å². The van der Waals surface area contributed by atoms with E-state index in [0.29, 0.717) is 17.2 Å². The summed E-state index contributed by atoms with van der Waals surface area (Å²) in [6.45, 7) is 10.0. The molecule has 20 heavy (non-hydrogen) atoms. The smallest absolute Gasteiger partial charge is 0.341 e. The first-order chi connectivity index (χ1) is 9.40. The minimum Gasteiger partial charge on any atom is -0.462 e. The van der Waals surface area contributed by atoms with E-state index in [1.54, 1.807) is 13.0 Å². The van der Waals surface area contributed by atoms with E-state index in [4.69, 9.17) is 4.74 Å². The summed E-state index contributed by atoms with van der Waals surface area (Å²) in [6.07, 6.45) is 0.826. The molecule has 0 aromatic carbocycles. The Morgan fingerprint density at radius 1 is 1.30 bits per heavy atom. The predicted octanol–water partition coefficient (Wildman–Crippen LogP) is 3.72. The lowest BCUT2D eigenvalue weighted by atomic mass is 9.97. The molecule has 0 aliphatic rings. The molecular formula is C15H23NO3S. The fraction of sp³-hybridized carbons (Fsp3) is 0.600. The number of thiophene rings is 1. The summed E-state index contributed by atoms with van der Waals surface area (Å²) in [4.78, 5) is 25.1. The normalized spacial score (nSPS) is 12.3. The van der Waals surface area contributed by atoms with Gasteiger partial charge in [0.05, 0.1) is 12.2 Å². The van der Waals surface area contributed by atoms with Gasteiger partial charge in [-0.25, -0.2) is 4.79 Å². The van der Waals surface area contributed by atoms with E-state index in [1.165, 1.54) is 11.3 Å². The van der Waals surface area contributed by atoms with Gasteiger partial charge in [-0.3, -0.25) is 4.79 Å². The Morgan fingerprint density at radius 2 is 1.95 bits per heavy atom. The molecule has 0 saturated heterocycles. The van der Waals surface area contributed by atoms with Crippen molar-refractivity contribution in [2.45, 2.75) is 41.0 Å². The van der Waals surface area contributed by atoms with Crippen molar-refractivity contribution in [2.75, 3.05) is 11.9 Å². The highest BCUT2D eigenvalue weighted by molar-refractivity contribution is 7.16. The summed E-state index contributed by atoms with van der Waals surface area (Å²) in [5.41, 5.74) is 0.456. The number of hydrogen-bond donors (Lipinski definition) is 1. The zero-order valence-corrected chi connectivity index (χ0v) is 13.6. The SMILES string of the molecule is CCOC(=O)c1cc(CC)sc1NC(=O)C(C)C(C)C. The number of aryl methyl sites for hydroxylation is 1. The van der Waals surface area contributed by atoms with Gasteiger partial charge in [0.2, 0.25) is 5.91 Å². The van der Waals surface area contributed by atoms with E-state index in [-0.39, 0.29) is 23.7 Å².